The van der Waals surface area contributed by atoms with Gasteiger partial charge in [0.25, 0.3) is 5.91 Å². The van der Waals surface area contributed by atoms with E-state index in [1.807, 2.05) is 38.4 Å². The molecular formula is C31H30F3N3O. The highest BCUT2D eigenvalue weighted by Crippen LogP contribution is 2.54. The molecule has 0 saturated heterocycles. The van der Waals surface area contributed by atoms with Gasteiger partial charge in [-0.3, -0.25) is 9.69 Å². The zero-order valence-electron chi connectivity index (χ0n) is 21.5. The molecular weight excluding hydrogens is 487 g/mol. The van der Waals surface area contributed by atoms with Gasteiger partial charge in [-0.2, -0.15) is 0 Å². The van der Waals surface area contributed by atoms with Crippen molar-refractivity contribution < 1.29 is 18.0 Å². The molecule has 1 aliphatic heterocycles. The van der Waals surface area contributed by atoms with Crippen LogP contribution >= 0.6 is 0 Å². The van der Waals surface area contributed by atoms with Gasteiger partial charge in [0.05, 0.1) is 5.54 Å². The van der Waals surface area contributed by atoms with Crippen LogP contribution in [0, 0.1) is 17.5 Å². The molecule has 1 aliphatic carbocycles. The Balaban J connectivity index is 1.49. The average Bonchev–Trinajstić information content (AvgIpc) is 3.29. The maximum Gasteiger partial charge on any atom is 0.260 e. The van der Waals surface area contributed by atoms with E-state index >= 15 is 0 Å². The maximum atomic E-state index is 14.8. The minimum Gasteiger partial charge on any atom is -0.356 e. The monoisotopic (exact) mass is 517 g/mol. The van der Waals surface area contributed by atoms with Gasteiger partial charge in [-0.25, -0.2) is 13.2 Å². The second-order valence-electron chi connectivity index (χ2n) is 10.8. The molecule has 1 saturated carbocycles. The fourth-order valence-corrected chi connectivity index (χ4v) is 6.93. The Morgan fingerprint density at radius 3 is 2.26 bits per heavy atom. The lowest BCUT2D eigenvalue weighted by atomic mass is 9.65. The van der Waals surface area contributed by atoms with Crippen molar-refractivity contribution in [1.29, 1.82) is 0 Å². The quantitative estimate of drug-likeness (QED) is 0.337. The average molecular weight is 518 g/mol. The molecule has 196 valence electrons. The van der Waals surface area contributed by atoms with Crippen LogP contribution < -0.4 is 0 Å². The van der Waals surface area contributed by atoms with Gasteiger partial charge in [0, 0.05) is 28.7 Å². The van der Waals surface area contributed by atoms with E-state index in [0.717, 1.165) is 39.9 Å². The van der Waals surface area contributed by atoms with Gasteiger partial charge >= 0.3 is 0 Å². The molecule has 0 radical (unpaired) electrons. The summed E-state index contributed by atoms with van der Waals surface area (Å²) in [6, 6.07) is 18.3. The SMILES string of the molecule is CN(C)C1(c2cccc(F)c2)CCC2(CC1)c1[nH]c3ccccc3c1CCN2C(=O)c1c(F)cccc1F. The molecule has 0 atom stereocenters. The molecule has 1 N–H and O–H groups in total. The lowest BCUT2D eigenvalue weighted by molar-refractivity contribution is -0.0146. The summed E-state index contributed by atoms with van der Waals surface area (Å²) in [5, 5.41) is 1.11. The predicted molar refractivity (Wildman–Crippen MR) is 141 cm³/mol. The molecule has 1 spiro atoms. The van der Waals surface area contributed by atoms with Gasteiger partial charge in [-0.05, 0) is 87.7 Å². The summed E-state index contributed by atoms with van der Waals surface area (Å²) in [6.45, 7) is 0.358. The van der Waals surface area contributed by atoms with E-state index in [-0.39, 0.29) is 5.82 Å². The number of aromatic nitrogens is 1. The highest BCUT2D eigenvalue weighted by Gasteiger charge is 2.53. The third-order valence-electron chi connectivity index (χ3n) is 8.93. The Labute approximate surface area is 220 Å². The molecule has 0 bridgehead atoms. The second-order valence-corrected chi connectivity index (χ2v) is 10.8. The molecule has 1 amide bonds. The minimum absolute atomic E-state index is 0.286. The van der Waals surface area contributed by atoms with Crippen molar-refractivity contribution in [2.75, 3.05) is 20.6 Å². The molecule has 2 heterocycles. The lowest BCUT2D eigenvalue weighted by Gasteiger charge is -2.55. The molecule has 2 aliphatic rings. The van der Waals surface area contributed by atoms with Crippen LogP contribution in [0.1, 0.15) is 52.9 Å². The Morgan fingerprint density at radius 1 is 0.895 bits per heavy atom. The van der Waals surface area contributed by atoms with Gasteiger partial charge in [0.15, 0.2) is 0 Å². The van der Waals surface area contributed by atoms with Crippen LogP contribution in [-0.4, -0.2) is 41.3 Å². The highest BCUT2D eigenvalue weighted by molar-refractivity contribution is 5.96. The van der Waals surface area contributed by atoms with Gasteiger partial charge in [-0.1, -0.05) is 36.4 Å². The first kappa shape index (κ1) is 24.7. The summed E-state index contributed by atoms with van der Waals surface area (Å²) < 4.78 is 44.0. The first-order valence-electron chi connectivity index (χ1n) is 13.1. The molecule has 38 heavy (non-hydrogen) atoms. The van der Waals surface area contributed by atoms with Crippen LogP contribution in [0.15, 0.2) is 66.7 Å². The third kappa shape index (κ3) is 3.59. The number of para-hydroxylation sites is 1. The number of hydrogen-bond acceptors (Lipinski definition) is 2. The van der Waals surface area contributed by atoms with E-state index < -0.39 is 34.2 Å². The summed E-state index contributed by atoms with van der Waals surface area (Å²) >= 11 is 0. The van der Waals surface area contributed by atoms with Crippen molar-refractivity contribution in [3.8, 4) is 0 Å². The van der Waals surface area contributed by atoms with Crippen LogP contribution in [0.5, 0.6) is 0 Å². The van der Waals surface area contributed by atoms with Crippen molar-refractivity contribution in [3.05, 3.63) is 107 Å². The number of aromatic amines is 1. The molecule has 4 nitrogen and oxygen atoms in total. The van der Waals surface area contributed by atoms with E-state index in [1.54, 1.807) is 17.0 Å². The number of nitrogens with one attached hydrogen (secondary N) is 1. The normalized spacial score (nSPS) is 23.3. The van der Waals surface area contributed by atoms with E-state index in [2.05, 4.69) is 16.0 Å². The molecule has 6 rings (SSSR count). The van der Waals surface area contributed by atoms with Crippen LogP contribution in [-0.2, 0) is 17.5 Å². The van der Waals surface area contributed by atoms with Crippen molar-refractivity contribution >= 4 is 16.8 Å². The minimum atomic E-state index is -0.856. The maximum absolute atomic E-state index is 14.8. The number of amides is 1. The Morgan fingerprint density at radius 2 is 1.58 bits per heavy atom. The standard InChI is InChI=1S/C31H30F3N3O/c1-36(2)30(20-7-5-8-21(32)19-20)14-16-31(17-15-30)28-23(22-9-3-4-12-26(22)35-28)13-18-37(31)29(38)27-24(33)10-6-11-25(27)34/h3-12,19,35H,13-18H2,1-2H3. The van der Waals surface area contributed by atoms with E-state index in [1.165, 1.54) is 12.1 Å². The van der Waals surface area contributed by atoms with Gasteiger partial charge in [0.1, 0.15) is 23.0 Å². The Hall–Kier alpha value is -3.58. The molecule has 0 unspecified atom stereocenters. The molecule has 3 aromatic carbocycles. The van der Waals surface area contributed by atoms with Crippen molar-refractivity contribution in [2.45, 2.75) is 43.2 Å². The van der Waals surface area contributed by atoms with Crippen LogP contribution in [0.4, 0.5) is 13.2 Å². The number of benzene rings is 3. The zero-order valence-corrected chi connectivity index (χ0v) is 21.5. The molecule has 4 aromatic rings. The van der Waals surface area contributed by atoms with Crippen molar-refractivity contribution in [2.24, 2.45) is 0 Å². The molecule has 7 heteroatoms. The van der Waals surface area contributed by atoms with E-state index in [4.69, 9.17) is 0 Å². The largest absolute Gasteiger partial charge is 0.356 e. The van der Waals surface area contributed by atoms with Crippen molar-refractivity contribution in [1.82, 2.24) is 14.8 Å². The smallest absolute Gasteiger partial charge is 0.260 e. The number of fused-ring (bicyclic) bond motifs is 4. The first-order chi connectivity index (χ1) is 18.3. The van der Waals surface area contributed by atoms with Gasteiger partial charge in [0.2, 0.25) is 0 Å². The summed E-state index contributed by atoms with van der Waals surface area (Å²) in [6.07, 6.45) is 2.99. The lowest BCUT2D eigenvalue weighted by Crippen LogP contribution is -2.58. The summed E-state index contributed by atoms with van der Waals surface area (Å²) in [5.74, 6) is -2.63. The second kappa shape index (κ2) is 9.02. The predicted octanol–water partition coefficient (Wildman–Crippen LogP) is 6.51. The summed E-state index contributed by atoms with van der Waals surface area (Å²) in [4.78, 5) is 21.3. The van der Waals surface area contributed by atoms with Crippen LogP contribution in [0.3, 0.4) is 0 Å². The number of nitrogens with zero attached hydrogens (tertiary/aromatic N) is 2. The number of halogens is 3. The number of carbonyl (C=O) groups is 1. The van der Waals surface area contributed by atoms with Gasteiger partial charge < -0.3 is 9.88 Å². The summed E-state index contributed by atoms with van der Waals surface area (Å²) in [7, 11) is 3.99. The topological polar surface area (TPSA) is 39.3 Å². The number of hydrogen-bond donors (Lipinski definition) is 1. The van der Waals surface area contributed by atoms with E-state index in [0.29, 0.717) is 38.6 Å². The zero-order chi connectivity index (χ0) is 26.7. The molecule has 1 fully saturated rings. The summed E-state index contributed by atoms with van der Waals surface area (Å²) in [5.41, 5.74) is 2.26. The third-order valence-corrected chi connectivity index (χ3v) is 8.93. The number of rotatable bonds is 3. The number of carbonyl (C=O) groups excluding carboxylic acids is 1. The van der Waals surface area contributed by atoms with E-state index in [9.17, 15) is 18.0 Å². The van der Waals surface area contributed by atoms with Crippen LogP contribution in [0.25, 0.3) is 10.9 Å². The fraction of sp³-hybridized carbons (Fsp3) is 0.323. The van der Waals surface area contributed by atoms with Gasteiger partial charge in [-0.15, -0.1) is 0 Å². The van der Waals surface area contributed by atoms with Crippen LogP contribution in [0.2, 0.25) is 0 Å². The molecule has 1 aromatic heterocycles. The number of H-pyrrole nitrogens is 1. The van der Waals surface area contributed by atoms with Crippen molar-refractivity contribution in [3.63, 3.8) is 0 Å². The highest BCUT2D eigenvalue weighted by atomic mass is 19.1. The fourth-order valence-electron chi connectivity index (χ4n) is 6.93. The Kier molecular flexibility index (Phi) is 5.87. The first-order valence-corrected chi connectivity index (χ1v) is 13.1. The Bertz CT molecular complexity index is 1510.